The van der Waals surface area contributed by atoms with Gasteiger partial charge in [-0.05, 0) is 38.1 Å². The minimum absolute atomic E-state index is 0.801. The maximum absolute atomic E-state index is 6.17. The summed E-state index contributed by atoms with van der Waals surface area (Å²) in [5, 5.41) is 8.43. The van der Waals surface area contributed by atoms with Crippen molar-refractivity contribution in [3.8, 4) is 11.1 Å². The Hall–Kier alpha value is -1.32. The van der Waals surface area contributed by atoms with Crippen LogP contribution in [0.4, 0.5) is 0 Å². The highest BCUT2D eigenvalue weighted by Crippen LogP contribution is 2.27. The molecule has 0 aliphatic carbocycles. The molecule has 0 aliphatic heterocycles. The van der Waals surface area contributed by atoms with Crippen molar-refractivity contribution in [1.82, 2.24) is 15.1 Å². The summed E-state index contributed by atoms with van der Waals surface area (Å²) >= 11 is 6.17. The lowest BCUT2D eigenvalue weighted by atomic mass is 10.1. The van der Waals surface area contributed by atoms with Gasteiger partial charge in [0.05, 0.1) is 12.2 Å². The van der Waals surface area contributed by atoms with Crippen LogP contribution >= 0.6 is 11.6 Å². The summed E-state index contributed by atoms with van der Waals surface area (Å²) in [6, 6.07) is 6.14. The van der Waals surface area contributed by atoms with Gasteiger partial charge >= 0.3 is 0 Å². The van der Waals surface area contributed by atoms with E-state index in [-0.39, 0.29) is 0 Å². The lowest BCUT2D eigenvalue weighted by Gasteiger charge is -2.02. The highest BCUT2D eigenvalue weighted by atomic mass is 35.5. The Labute approximate surface area is 113 Å². The van der Waals surface area contributed by atoms with Gasteiger partial charge in [-0.1, -0.05) is 23.7 Å². The first-order chi connectivity index (χ1) is 8.61. The van der Waals surface area contributed by atoms with Gasteiger partial charge in [-0.3, -0.25) is 4.68 Å². The molecule has 0 saturated heterocycles. The van der Waals surface area contributed by atoms with Gasteiger partial charge in [0.2, 0.25) is 0 Å². The standard InChI is InChI=1S/C14H18ClN3/c1-10-4-5-12(8-14(10)15)13-9-18(7-6-16-3)17-11(13)2/h4-5,8-9,16H,6-7H2,1-3H3. The molecule has 4 heteroatoms. The Kier molecular flexibility index (Phi) is 4.04. The molecule has 0 amide bonds. The maximum atomic E-state index is 6.17. The average Bonchev–Trinajstić information content (AvgIpc) is 2.71. The number of halogens is 1. The molecule has 0 fully saturated rings. The zero-order valence-electron chi connectivity index (χ0n) is 11.0. The summed E-state index contributed by atoms with van der Waals surface area (Å²) in [7, 11) is 1.94. The fourth-order valence-corrected chi connectivity index (χ4v) is 2.08. The smallest absolute Gasteiger partial charge is 0.0672 e. The molecule has 0 unspecified atom stereocenters. The molecular weight excluding hydrogens is 246 g/mol. The van der Waals surface area contributed by atoms with Gasteiger partial charge in [-0.2, -0.15) is 5.10 Å². The van der Waals surface area contributed by atoms with E-state index in [0.29, 0.717) is 0 Å². The van der Waals surface area contributed by atoms with Crippen molar-refractivity contribution in [2.24, 2.45) is 0 Å². The first-order valence-corrected chi connectivity index (χ1v) is 6.45. The molecule has 0 aliphatic rings. The van der Waals surface area contributed by atoms with Gasteiger partial charge in [-0.15, -0.1) is 0 Å². The highest BCUT2D eigenvalue weighted by molar-refractivity contribution is 6.31. The van der Waals surface area contributed by atoms with E-state index in [1.54, 1.807) is 0 Å². The normalized spacial score (nSPS) is 10.9. The number of nitrogens with one attached hydrogen (secondary N) is 1. The second-order valence-corrected chi connectivity index (χ2v) is 4.87. The third kappa shape index (κ3) is 2.74. The molecule has 3 nitrogen and oxygen atoms in total. The van der Waals surface area contributed by atoms with Crippen LogP contribution in [0.15, 0.2) is 24.4 Å². The Morgan fingerprint density at radius 2 is 2.11 bits per heavy atom. The van der Waals surface area contributed by atoms with E-state index in [0.717, 1.165) is 40.5 Å². The van der Waals surface area contributed by atoms with E-state index >= 15 is 0 Å². The Bertz CT molecular complexity index is 546. The van der Waals surface area contributed by atoms with Crippen molar-refractivity contribution >= 4 is 11.6 Å². The van der Waals surface area contributed by atoms with Crippen molar-refractivity contribution in [3.63, 3.8) is 0 Å². The fraction of sp³-hybridized carbons (Fsp3) is 0.357. The van der Waals surface area contributed by atoms with E-state index < -0.39 is 0 Å². The number of benzene rings is 1. The van der Waals surface area contributed by atoms with Crippen molar-refractivity contribution in [3.05, 3.63) is 40.7 Å². The van der Waals surface area contributed by atoms with Crippen molar-refractivity contribution in [1.29, 1.82) is 0 Å². The first-order valence-electron chi connectivity index (χ1n) is 6.07. The number of aromatic nitrogens is 2. The van der Waals surface area contributed by atoms with Gasteiger partial charge in [0.15, 0.2) is 0 Å². The molecule has 0 radical (unpaired) electrons. The molecule has 0 spiro atoms. The molecule has 1 aromatic heterocycles. The highest BCUT2D eigenvalue weighted by Gasteiger charge is 2.08. The van der Waals surface area contributed by atoms with Gasteiger partial charge in [0, 0.05) is 23.3 Å². The zero-order chi connectivity index (χ0) is 13.1. The van der Waals surface area contributed by atoms with Crippen molar-refractivity contribution in [2.45, 2.75) is 20.4 Å². The molecular formula is C14H18ClN3. The second kappa shape index (κ2) is 5.55. The molecule has 0 saturated carbocycles. The predicted molar refractivity (Wildman–Crippen MR) is 76.1 cm³/mol. The van der Waals surface area contributed by atoms with E-state index in [4.69, 9.17) is 11.6 Å². The number of nitrogens with zero attached hydrogens (tertiary/aromatic N) is 2. The van der Waals surface area contributed by atoms with Crippen molar-refractivity contribution < 1.29 is 0 Å². The van der Waals surface area contributed by atoms with E-state index in [2.05, 4.69) is 22.7 Å². The number of rotatable bonds is 4. The molecule has 1 heterocycles. The summed E-state index contributed by atoms with van der Waals surface area (Å²) in [6.07, 6.45) is 2.08. The number of hydrogen-bond donors (Lipinski definition) is 1. The van der Waals surface area contributed by atoms with Crippen LogP contribution in [0.3, 0.4) is 0 Å². The number of likely N-dealkylation sites (N-methyl/N-ethyl adjacent to an activating group) is 1. The van der Waals surface area contributed by atoms with Gasteiger partial charge in [0.1, 0.15) is 0 Å². The van der Waals surface area contributed by atoms with Crippen molar-refractivity contribution in [2.75, 3.05) is 13.6 Å². The van der Waals surface area contributed by atoms with Gasteiger partial charge in [-0.25, -0.2) is 0 Å². The minimum atomic E-state index is 0.801. The molecule has 18 heavy (non-hydrogen) atoms. The fourth-order valence-electron chi connectivity index (χ4n) is 1.90. The van der Waals surface area contributed by atoms with Crippen LogP contribution in [-0.2, 0) is 6.54 Å². The van der Waals surface area contributed by atoms with Crippen LogP contribution in [0.25, 0.3) is 11.1 Å². The monoisotopic (exact) mass is 263 g/mol. The Morgan fingerprint density at radius 3 is 2.78 bits per heavy atom. The molecule has 1 aromatic carbocycles. The third-order valence-electron chi connectivity index (χ3n) is 3.02. The molecule has 0 atom stereocenters. The summed E-state index contributed by atoms with van der Waals surface area (Å²) in [5.41, 5.74) is 4.40. The maximum Gasteiger partial charge on any atom is 0.0672 e. The summed E-state index contributed by atoms with van der Waals surface area (Å²) in [6.45, 7) is 5.82. The van der Waals surface area contributed by atoms with E-state index in [9.17, 15) is 0 Å². The van der Waals surface area contributed by atoms with Crippen LogP contribution in [0.5, 0.6) is 0 Å². The molecule has 2 aromatic rings. The van der Waals surface area contributed by atoms with Crippen LogP contribution < -0.4 is 5.32 Å². The third-order valence-corrected chi connectivity index (χ3v) is 3.43. The summed E-state index contributed by atoms with van der Waals surface area (Å²) in [5.74, 6) is 0. The van der Waals surface area contributed by atoms with Gasteiger partial charge < -0.3 is 5.32 Å². The topological polar surface area (TPSA) is 29.9 Å². The Balaban J connectivity index is 2.32. The quantitative estimate of drug-likeness (QED) is 0.919. The van der Waals surface area contributed by atoms with Crippen LogP contribution in [0, 0.1) is 13.8 Å². The van der Waals surface area contributed by atoms with E-state index in [1.165, 1.54) is 0 Å². The Morgan fingerprint density at radius 1 is 1.33 bits per heavy atom. The molecule has 1 N–H and O–H groups in total. The van der Waals surface area contributed by atoms with Crippen LogP contribution in [0.2, 0.25) is 5.02 Å². The largest absolute Gasteiger partial charge is 0.318 e. The lowest BCUT2D eigenvalue weighted by molar-refractivity contribution is 0.581. The molecule has 0 bridgehead atoms. The predicted octanol–water partition coefficient (Wildman–Crippen LogP) is 3.04. The SMILES string of the molecule is CNCCn1cc(-c2ccc(C)c(Cl)c2)c(C)n1. The van der Waals surface area contributed by atoms with Crippen LogP contribution in [-0.4, -0.2) is 23.4 Å². The minimum Gasteiger partial charge on any atom is -0.318 e. The average molecular weight is 264 g/mol. The number of hydrogen-bond acceptors (Lipinski definition) is 2. The summed E-state index contributed by atoms with van der Waals surface area (Å²) < 4.78 is 1.97. The zero-order valence-corrected chi connectivity index (χ0v) is 11.8. The lowest BCUT2D eigenvalue weighted by Crippen LogP contribution is -2.15. The molecule has 2 rings (SSSR count). The van der Waals surface area contributed by atoms with E-state index in [1.807, 2.05) is 37.7 Å². The molecule has 96 valence electrons. The van der Waals surface area contributed by atoms with Gasteiger partial charge in [0.25, 0.3) is 0 Å². The first kappa shape index (κ1) is 13.1. The summed E-state index contributed by atoms with van der Waals surface area (Å²) in [4.78, 5) is 0. The second-order valence-electron chi connectivity index (χ2n) is 4.46. The van der Waals surface area contributed by atoms with Crippen LogP contribution in [0.1, 0.15) is 11.3 Å². The number of aryl methyl sites for hydroxylation is 2.